The quantitative estimate of drug-likeness (QED) is 0.830. The van der Waals surface area contributed by atoms with Crippen LogP contribution >= 0.6 is 0 Å². The van der Waals surface area contributed by atoms with Gasteiger partial charge in [-0.15, -0.1) is 0 Å². The molecule has 0 saturated carbocycles. The number of amides is 1. The van der Waals surface area contributed by atoms with Crippen molar-refractivity contribution in [2.45, 2.75) is 32.9 Å². The number of nitriles is 1. The zero-order chi connectivity index (χ0) is 13.5. The first-order valence-electron chi connectivity index (χ1n) is 6.05. The molecule has 0 aromatic heterocycles. The Morgan fingerprint density at radius 3 is 2.72 bits per heavy atom. The van der Waals surface area contributed by atoms with Gasteiger partial charge in [-0.2, -0.15) is 5.26 Å². The molecule has 0 bridgehead atoms. The van der Waals surface area contributed by atoms with Crippen molar-refractivity contribution in [2.75, 3.05) is 6.54 Å². The smallest absolute Gasteiger partial charge is 0.234 e. The first-order chi connectivity index (χ1) is 8.52. The van der Waals surface area contributed by atoms with Crippen molar-refractivity contribution in [3.63, 3.8) is 0 Å². The van der Waals surface area contributed by atoms with Gasteiger partial charge < -0.3 is 10.6 Å². The maximum Gasteiger partial charge on any atom is 0.234 e. The van der Waals surface area contributed by atoms with Crippen LogP contribution in [-0.4, -0.2) is 18.5 Å². The third kappa shape index (κ3) is 4.56. The second-order valence-electron chi connectivity index (χ2n) is 4.56. The Morgan fingerprint density at radius 1 is 1.39 bits per heavy atom. The third-order valence-electron chi connectivity index (χ3n) is 2.53. The lowest BCUT2D eigenvalue weighted by molar-refractivity contribution is -0.120. The van der Waals surface area contributed by atoms with Crippen molar-refractivity contribution < 1.29 is 4.79 Å². The summed E-state index contributed by atoms with van der Waals surface area (Å²) < 4.78 is 0. The predicted molar refractivity (Wildman–Crippen MR) is 70.9 cm³/mol. The monoisotopic (exact) mass is 245 g/mol. The Bertz CT molecular complexity index is 449. The lowest BCUT2D eigenvalue weighted by Crippen LogP contribution is -2.38. The van der Waals surface area contributed by atoms with Crippen molar-refractivity contribution >= 4 is 5.91 Å². The molecule has 0 aliphatic carbocycles. The van der Waals surface area contributed by atoms with E-state index in [1.54, 1.807) is 6.07 Å². The van der Waals surface area contributed by atoms with Crippen LogP contribution in [0.5, 0.6) is 0 Å². The summed E-state index contributed by atoms with van der Waals surface area (Å²) in [5.74, 6) is -0.0201. The fourth-order valence-electron chi connectivity index (χ4n) is 1.61. The van der Waals surface area contributed by atoms with Crippen LogP contribution in [0.2, 0.25) is 0 Å². The Morgan fingerprint density at radius 2 is 2.11 bits per heavy atom. The van der Waals surface area contributed by atoms with Crippen molar-refractivity contribution in [1.29, 1.82) is 5.26 Å². The van der Waals surface area contributed by atoms with Gasteiger partial charge >= 0.3 is 0 Å². The highest BCUT2D eigenvalue weighted by atomic mass is 16.1. The predicted octanol–water partition coefficient (Wildman–Crippen LogP) is 1.73. The Kier molecular flexibility index (Phi) is 5.34. The summed E-state index contributed by atoms with van der Waals surface area (Å²) in [5.41, 5.74) is 1.64. The van der Waals surface area contributed by atoms with Gasteiger partial charge in [-0.1, -0.05) is 12.1 Å². The van der Waals surface area contributed by atoms with Gasteiger partial charge in [0.2, 0.25) is 5.91 Å². The van der Waals surface area contributed by atoms with Gasteiger partial charge in [-0.3, -0.25) is 4.79 Å². The van der Waals surface area contributed by atoms with Gasteiger partial charge in [0.1, 0.15) is 0 Å². The zero-order valence-electron chi connectivity index (χ0n) is 11.0. The number of nitrogens with zero attached hydrogens (tertiary/aromatic N) is 1. The molecule has 96 valence electrons. The average molecular weight is 245 g/mol. The Balaban J connectivity index is 2.52. The molecule has 4 heteroatoms. The van der Waals surface area contributed by atoms with Gasteiger partial charge in [0.15, 0.2) is 0 Å². The highest BCUT2D eigenvalue weighted by Gasteiger charge is 2.08. The molecule has 0 spiro atoms. The van der Waals surface area contributed by atoms with E-state index in [4.69, 9.17) is 5.26 Å². The minimum atomic E-state index is -0.0201. The maximum absolute atomic E-state index is 11.5. The number of benzene rings is 1. The molecule has 0 saturated heterocycles. The molecule has 0 aliphatic rings. The summed E-state index contributed by atoms with van der Waals surface area (Å²) in [7, 11) is 0. The summed E-state index contributed by atoms with van der Waals surface area (Å²) in [6.07, 6.45) is 0. The molecule has 0 radical (unpaired) electrons. The lowest BCUT2D eigenvalue weighted by atomic mass is 10.1. The summed E-state index contributed by atoms with van der Waals surface area (Å²) >= 11 is 0. The number of hydrogen-bond donors (Lipinski definition) is 2. The van der Waals surface area contributed by atoms with E-state index in [9.17, 15) is 4.79 Å². The Labute approximate surface area is 108 Å². The highest BCUT2D eigenvalue weighted by molar-refractivity contribution is 5.78. The molecule has 1 aromatic rings. The van der Waals surface area contributed by atoms with Crippen molar-refractivity contribution in [1.82, 2.24) is 10.6 Å². The van der Waals surface area contributed by atoms with Gasteiger partial charge in [-0.05, 0) is 38.5 Å². The number of rotatable bonds is 5. The summed E-state index contributed by atoms with van der Waals surface area (Å²) in [4.78, 5) is 11.5. The highest BCUT2D eigenvalue weighted by Crippen LogP contribution is 2.13. The van der Waals surface area contributed by atoms with E-state index in [0.29, 0.717) is 5.56 Å². The van der Waals surface area contributed by atoms with Crippen molar-refractivity contribution in [3.05, 3.63) is 35.4 Å². The zero-order valence-corrected chi connectivity index (χ0v) is 11.0. The minimum Gasteiger partial charge on any atom is -0.353 e. The maximum atomic E-state index is 11.5. The number of carbonyl (C=O) groups is 1. The van der Waals surface area contributed by atoms with Crippen LogP contribution in [0.3, 0.4) is 0 Å². The van der Waals surface area contributed by atoms with Crippen LogP contribution in [0.15, 0.2) is 24.3 Å². The van der Waals surface area contributed by atoms with E-state index >= 15 is 0 Å². The SMILES string of the molecule is CC(C)NC(=O)CNC(C)c1cccc(C#N)c1. The van der Waals surface area contributed by atoms with E-state index in [2.05, 4.69) is 16.7 Å². The van der Waals surface area contributed by atoms with Crippen LogP contribution in [-0.2, 0) is 4.79 Å². The normalized spacial score (nSPS) is 11.9. The molecular weight excluding hydrogens is 226 g/mol. The fraction of sp³-hybridized carbons (Fsp3) is 0.429. The molecule has 1 atom stereocenters. The summed E-state index contributed by atoms with van der Waals surface area (Å²) in [6, 6.07) is 9.68. The van der Waals surface area contributed by atoms with Crippen LogP contribution < -0.4 is 10.6 Å². The first kappa shape index (κ1) is 14.2. The molecule has 4 nitrogen and oxygen atoms in total. The van der Waals surface area contributed by atoms with Gasteiger partial charge in [-0.25, -0.2) is 0 Å². The van der Waals surface area contributed by atoms with E-state index in [1.807, 2.05) is 39.0 Å². The van der Waals surface area contributed by atoms with E-state index in [0.717, 1.165) is 5.56 Å². The summed E-state index contributed by atoms with van der Waals surface area (Å²) in [6.45, 7) is 6.10. The fourth-order valence-corrected chi connectivity index (χ4v) is 1.61. The molecule has 1 rings (SSSR count). The molecular formula is C14H19N3O. The molecule has 0 heterocycles. The van der Waals surface area contributed by atoms with Gasteiger partial charge in [0.05, 0.1) is 18.2 Å². The van der Waals surface area contributed by atoms with Crippen LogP contribution in [0, 0.1) is 11.3 Å². The number of nitrogens with one attached hydrogen (secondary N) is 2. The molecule has 1 aromatic carbocycles. The van der Waals surface area contributed by atoms with E-state index in [1.165, 1.54) is 0 Å². The molecule has 1 amide bonds. The van der Waals surface area contributed by atoms with Gasteiger partial charge in [0.25, 0.3) is 0 Å². The molecule has 0 fully saturated rings. The standard InChI is InChI=1S/C14H19N3O/c1-10(2)17-14(18)9-16-11(3)13-6-4-5-12(7-13)8-15/h4-7,10-11,16H,9H2,1-3H3,(H,17,18). The second-order valence-corrected chi connectivity index (χ2v) is 4.56. The van der Waals surface area contributed by atoms with E-state index < -0.39 is 0 Å². The molecule has 0 aliphatic heterocycles. The molecule has 18 heavy (non-hydrogen) atoms. The lowest BCUT2D eigenvalue weighted by Gasteiger charge is -2.15. The minimum absolute atomic E-state index is 0.0201. The number of hydrogen-bond acceptors (Lipinski definition) is 3. The van der Waals surface area contributed by atoms with Gasteiger partial charge in [0, 0.05) is 12.1 Å². The third-order valence-corrected chi connectivity index (χ3v) is 2.53. The Hall–Kier alpha value is -1.86. The van der Waals surface area contributed by atoms with Crippen molar-refractivity contribution in [2.24, 2.45) is 0 Å². The van der Waals surface area contributed by atoms with Crippen molar-refractivity contribution in [3.8, 4) is 6.07 Å². The first-order valence-corrected chi connectivity index (χ1v) is 6.05. The topological polar surface area (TPSA) is 64.9 Å². The largest absolute Gasteiger partial charge is 0.353 e. The van der Waals surface area contributed by atoms with Crippen LogP contribution in [0.4, 0.5) is 0 Å². The second kappa shape index (κ2) is 6.77. The molecule has 2 N–H and O–H groups in total. The molecule has 1 unspecified atom stereocenters. The van der Waals surface area contributed by atoms with Crippen LogP contribution in [0.1, 0.15) is 37.9 Å². The average Bonchev–Trinajstić information content (AvgIpc) is 2.35. The van der Waals surface area contributed by atoms with Crippen LogP contribution in [0.25, 0.3) is 0 Å². The van der Waals surface area contributed by atoms with E-state index in [-0.39, 0.29) is 24.5 Å². The summed E-state index contributed by atoms with van der Waals surface area (Å²) in [5, 5.41) is 14.8. The number of carbonyl (C=O) groups excluding carboxylic acids is 1.